The highest BCUT2D eigenvalue weighted by Gasteiger charge is 2.26. The van der Waals surface area contributed by atoms with E-state index < -0.39 is 0 Å². The molecule has 0 bridgehead atoms. The molecule has 0 amide bonds. The van der Waals surface area contributed by atoms with E-state index >= 15 is 0 Å². The average molecular weight is 252 g/mol. The maximum Gasteiger partial charge on any atom is 0.0227 e. The van der Waals surface area contributed by atoms with Gasteiger partial charge in [-0.1, -0.05) is 38.8 Å². The van der Waals surface area contributed by atoms with E-state index in [4.69, 9.17) is 0 Å². The van der Waals surface area contributed by atoms with Crippen molar-refractivity contribution in [3.05, 3.63) is 11.6 Å². The van der Waals surface area contributed by atoms with Gasteiger partial charge in [0.2, 0.25) is 0 Å². The number of piperazine rings is 1. The quantitative estimate of drug-likeness (QED) is 0.729. The zero-order valence-electron chi connectivity index (χ0n) is 13.0. The number of rotatable bonds is 6. The predicted molar refractivity (Wildman–Crippen MR) is 80.9 cm³/mol. The Hall–Kier alpha value is -0.340. The molecule has 0 aromatic heterocycles. The average Bonchev–Trinajstić information content (AvgIpc) is 2.28. The fourth-order valence-corrected chi connectivity index (χ4v) is 2.77. The number of hydrogen-bond acceptors (Lipinski definition) is 2. The minimum absolute atomic E-state index is 0.698. The molecule has 0 radical (unpaired) electrons. The summed E-state index contributed by atoms with van der Waals surface area (Å²) in [5.74, 6) is 0.786. The summed E-state index contributed by atoms with van der Waals surface area (Å²) in [7, 11) is 0. The lowest BCUT2D eigenvalue weighted by molar-refractivity contribution is 0.124. The van der Waals surface area contributed by atoms with Gasteiger partial charge in [-0.15, -0.1) is 0 Å². The van der Waals surface area contributed by atoms with Crippen LogP contribution in [0.5, 0.6) is 0 Å². The van der Waals surface area contributed by atoms with E-state index in [2.05, 4.69) is 50.9 Å². The lowest BCUT2D eigenvalue weighted by atomic mass is 9.97. The van der Waals surface area contributed by atoms with Gasteiger partial charge in [-0.05, 0) is 32.6 Å². The second-order valence-corrected chi connectivity index (χ2v) is 6.41. The molecule has 106 valence electrons. The van der Waals surface area contributed by atoms with E-state index in [-0.39, 0.29) is 0 Å². The lowest BCUT2D eigenvalue weighted by Gasteiger charge is -2.41. The molecule has 1 aliphatic rings. The van der Waals surface area contributed by atoms with Crippen LogP contribution in [0.15, 0.2) is 11.6 Å². The van der Waals surface area contributed by atoms with E-state index in [1.165, 1.54) is 37.9 Å². The van der Waals surface area contributed by atoms with Crippen LogP contribution in [0.25, 0.3) is 0 Å². The molecule has 2 atom stereocenters. The van der Waals surface area contributed by atoms with Gasteiger partial charge >= 0.3 is 0 Å². The zero-order chi connectivity index (χ0) is 13.5. The Bertz CT molecular complexity index is 254. The van der Waals surface area contributed by atoms with E-state index in [0.29, 0.717) is 12.1 Å². The SMILES string of the molecule is CCCC1CN(CC=C(C)C)C(CC(C)C)CN1. The van der Waals surface area contributed by atoms with Crippen LogP contribution in [-0.4, -0.2) is 36.6 Å². The third-order valence-corrected chi connectivity index (χ3v) is 3.73. The summed E-state index contributed by atoms with van der Waals surface area (Å²) in [6.07, 6.45) is 6.27. The molecule has 0 spiro atoms. The predicted octanol–water partition coefficient (Wildman–Crippen LogP) is 3.44. The first-order chi connectivity index (χ1) is 8.52. The van der Waals surface area contributed by atoms with E-state index in [0.717, 1.165) is 12.5 Å². The van der Waals surface area contributed by atoms with Crippen molar-refractivity contribution in [1.29, 1.82) is 0 Å². The second-order valence-electron chi connectivity index (χ2n) is 6.41. The van der Waals surface area contributed by atoms with Crippen molar-refractivity contribution in [2.24, 2.45) is 5.92 Å². The summed E-state index contributed by atoms with van der Waals surface area (Å²) in [6, 6.07) is 1.41. The van der Waals surface area contributed by atoms with Gasteiger partial charge in [-0.3, -0.25) is 4.90 Å². The highest BCUT2D eigenvalue weighted by Crippen LogP contribution is 2.17. The van der Waals surface area contributed by atoms with Crippen LogP contribution >= 0.6 is 0 Å². The van der Waals surface area contributed by atoms with E-state index in [1.54, 1.807) is 0 Å². The second kappa shape index (κ2) is 7.96. The molecule has 1 aliphatic heterocycles. The van der Waals surface area contributed by atoms with Crippen LogP contribution in [0.3, 0.4) is 0 Å². The maximum absolute atomic E-state index is 3.73. The van der Waals surface area contributed by atoms with E-state index in [1.807, 2.05) is 0 Å². The maximum atomic E-state index is 3.73. The minimum Gasteiger partial charge on any atom is -0.311 e. The normalized spacial score (nSPS) is 25.4. The Morgan fingerprint density at radius 2 is 2.11 bits per heavy atom. The third-order valence-electron chi connectivity index (χ3n) is 3.73. The molecule has 2 nitrogen and oxygen atoms in total. The molecular weight excluding hydrogens is 220 g/mol. The number of allylic oxidation sites excluding steroid dienone is 1. The van der Waals surface area contributed by atoms with Gasteiger partial charge in [0, 0.05) is 31.7 Å². The van der Waals surface area contributed by atoms with E-state index in [9.17, 15) is 0 Å². The highest BCUT2D eigenvalue weighted by molar-refractivity contribution is 4.98. The van der Waals surface area contributed by atoms with Crippen LogP contribution in [-0.2, 0) is 0 Å². The van der Waals surface area contributed by atoms with Crippen LogP contribution in [0.1, 0.15) is 53.9 Å². The van der Waals surface area contributed by atoms with Crippen LogP contribution in [0.2, 0.25) is 0 Å². The van der Waals surface area contributed by atoms with Crippen molar-refractivity contribution in [3.63, 3.8) is 0 Å². The Balaban J connectivity index is 2.57. The molecule has 1 heterocycles. The topological polar surface area (TPSA) is 15.3 Å². The van der Waals surface area contributed by atoms with Gasteiger partial charge in [0.05, 0.1) is 0 Å². The van der Waals surface area contributed by atoms with Gasteiger partial charge in [0.1, 0.15) is 0 Å². The van der Waals surface area contributed by atoms with Crippen molar-refractivity contribution in [2.45, 2.75) is 66.0 Å². The first-order valence-electron chi connectivity index (χ1n) is 7.63. The third kappa shape index (κ3) is 5.53. The van der Waals surface area contributed by atoms with Gasteiger partial charge < -0.3 is 5.32 Å². The molecule has 0 saturated carbocycles. The molecule has 1 saturated heterocycles. The zero-order valence-corrected chi connectivity index (χ0v) is 13.0. The molecular formula is C16H32N2. The first kappa shape index (κ1) is 15.7. The van der Waals surface area contributed by atoms with Gasteiger partial charge in [-0.2, -0.15) is 0 Å². The molecule has 2 heteroatoms. The van der Waals surface area contributed by atoms with Crippen LogP contribution in [0.4, 0.5) is 0 Å². The Labute approximate surface area is 114 Å². The Morgan fingerprint density at radius 1 is 1.39 bits per heavy atom. The summed E-state index contributed by atoms with van der Waals surface area (Å²) in [5.41, 5.74) is 1.43. The summed E-state index contributed by atoms with van der Waals surface area (Å²) in [4.78, 5) is 2.68. The van der Waals surface area contributed by atoms with Gasteiger partial charge in [-0.25, -0.2) is 0 Å². The van der Waals surface area contributed by atoms with Crippen LogP contribution < -0.4 is 5.32 Å². The fourth-order valence-electron chi connectivity index (χ4n) is 2.77. The molecule has 18 heavy (non-hydrogen) atoms. The monoisotopic (exact) mass is 252 g/mol. The summed E-state index contributed by atoms with van der Waals surface area (Å²) in [6.45, 7) is 14.8. The first-order valence-corrected chi connectivity index (χ1v) is 7.63. The summed E-state index contributed by atoms with van der Waals surface area (Å²) < 4.78 is 0. The van der Waals surface area contributed by atoms with Crippen molar-refractivity contribution < 1.29 is 0 Å². The fraction of sp³-hybridized carbons (Fsp3) is 0.875. The van der Waals surface area contributed by atoms with Crippen LogP contribution in [0, 0.1) is 5.92 Å². The van der Waals surface area contributed by atoms with Gasteiger partial charge in [0.15, 0.2) is 0 Å². The number of nitrogens with one attached hydrogen (secondary N) is 1. The van der Waals surface area contributed by atoms with Crippen molar-refractivity contribution in [3.8, 4) is 0 Å². The highest BCUT2D eigenvalue weighted by atomic mass is 15.2. The lowest BCUT2D eigenvalue weighted by Crippen LogP contribution is -2.56. The summed E-state index contributed by atoms with van der Waals surface area (Å²) >= 11 is 0. The molecule has 0 aromatic rings. The molecule has 1 N–H and O–H groups in total. The Morgan fingerprint density at radius 3 is 2.67 bits per heavy atom. The van der Waals surface area contributed by atoms with Crippen molar-refractivity contribution in [1.82, 2.24) is 10.2 Å². The smallest absolute Gasteiger partial charge is 0.0227 e. The summed E-state index contributed by atoms with van der Waals surface area (Å²) in [5, 5.41) is 3.73. The molecule has 0 aliphatic carbocycles. The number of hydrogen-bond donors (Lipinski definition) is 1. The van der Waals surface area contributed by atoms with Crippen molar-refractivity contribution >= 4 is 0 Å². The minimum atomic E-state index is 0.698. The Kier molecular flexibility index (Phi) is 6.95. The standard InChI is InChI=1S/C16H32N2/c1-6-7-15-12-18(9-8-13(2)3)16(11-17-15)10-14(4)5/h8,14-17H,6-7,9-12H2,1-5H3. The number of nitrogens with zero attached hydrogens (tertiary/aromatic N) is 1. The molecule has 2 unspecified atom stereocenters. The molecule has 0 aromatic carbocycles. The van der Waals surface area contributed by atoms with Gasteiger partial charge in [0.25, 0.3) is 0 Å². The molecule has 1 fully saturated rings. The van der Waals surface area contributed by atoms with Crippen molar-refractivity contribution in [2.75, 3.05) is 19.6 Å². The largest absolute Gasteiger partial charge is 0.311 e. The molecule has 1 rings (SSSR count).